The number of rotatable bonds is 7. The Morgan fingerprint density at radius 3 is 2.57 bits per heavy atom. The highest BCUT2D eigenvalue weighted by Crippen LogP contribution is 2.13. The van der Waals surface area contributed by atoms with E-state index in [2.05, 4.69) is 10.0 Å². The van der Waals surface area contributed by atoms with Gasteiger partial charge in [0.15, 0.2) is 0 Å². The van der Waals surface area contributed by atoms with Crippen molar-refractivity contribution in [3.63, 3.8) is 0 Å². The van der Waals surface area contributed by atoms with Crippen LogP contribution in [0.2, 0.25) is 0 Å². The summed E-state index contributed by atoms with van der Waals surface area (Å²) in [5.41, 5.74) is 5.28. The van der Waals surface area contributed by atoms with E-state index < -0.39 is 32.7 Å². The van der Waals surface area contributed by atoms with Crippen LogP contribution in [0, 0.1) is 5.82 Å². The summed E-state index contributed by atoms with van der Waals surface area (Å²) in [6, 6.07) is 3.97. The predicted molar refractivity (Wildman–Crippen MR) is 80.1 cm³/mol. The lowest BCUT2D eigenvalue weighted by Gasteiger charge is -2.14. The molecule has 1 unspecified atom stereocenters. The van der Waals surface area contributed by atoms with Crippen molar-refractivity contribution in [3.8, 4) is 0 Å². The van der Waals surface area contributed by atoms with Crippen LogP contribution in [0.3, 0.4) is 0 Å². The van der Waals surface area contributed by atoms with Gasteiger partial charge < -0.3 is 11.1 Å². The second-order valence-electron chi connectivity index (χ2n) is 4.21. The lowest BCUT2D eigenvalue weighted by atomic mass is 10.3. The quantitative estimate of drug-likeness (QED) is 0.625. The standard InChI is InChI=1S/C12H18FN3O3S.ClH/c1-9(12(17)15-8-4-7-14)16-20(18,19)11-6-3-2-5-10(11)13;/h2-3,5-6,9,16H,4,7-8,14H2,1H3,(H,15,17);1H. The van der Waals surface area contributed by atoms with Gasteiger partial charge in [-0.25, -0.2) is 12.8 Å². The Balaban J connectivity index is 0.00000400. The molecule has 4 N–H and O–H groups in total. The van der Waals surface area contributed by atoms with E-state index in [1.54, 1.807) is 0 Å². The molecule has 0 spiro atoms. The average Bonchev–Trinajstić information content (AvgIpc) is 2.38. The number of hydrogen-bond donors (Lipinski definition) is 3. The largest absolute Gasteiger partial charge is 0.355 e. The van der Waals surface area contributed by atoms with Gasteiger partial charge in [0.2, 0.25) is 15.9 Å². The zero-order valence-electron chi connectivity index (χ0n) is 11.5. The highest BCUT2D eigenvalue weighted by molar-refractivity contribution is 7.89. The molecule has 6 nitrogen and oxygen atoms in total. The summed E-state index contributed by atoms with van der Waals surface area (Å²) in [5.74, 6) is -1.35. The molecule has 1 amide bonds. The summed E-state index contributed by atoms with van der Waals surface area (Å²) in [6.07, 6.45) is 0.596. The summed E-state index contributed by atoms with van der Waals surface area (Å²) in [7, 11) is -4.08. The lowest BCUT2D eigenvalue weighted by molar-refractivity contribution is -0.122. The van der Waals surface area contributed by atoms with E-state index in [0.717, 1.165) is 12.1 Å². The molecule has 1 aromatic carbocycles. The van der Waals surface area contributed by atoms with E-state index in [1.807, 2.05) is 0 Å². The molecule has 0 heterocycles. The second kappa shape index (κ2) is 8.93. The number of halogens is 2. The summed E-state index contributed by atoms with van der Waals surface area (Å²) >= 11 is 0. The molecule has 0 bridgehead atoms. The molecular formula is C12H19ClFN3O3S. The van der Waals surface area contributed by atoms with Crippen LogP contribution in [0.4, 0.5) is 4.39 Å². The molecule has 0 fully saturated rings. The van der Waals surface area contributed by atoms with Crippen LogP contribution in [0.25, 0.3) is 0 Å². The molecule has 0 aromatic heterocycles. The molecule has 0 radical (unpaired) electrons. The smallest absolute Gasteiger partial charge is 0.244 e. The van der Waals surface area contributed by atoms with E-state index in [1.165, 1.54) is 19.1 Å². The number of benzene rings is 1. The number of carbonyl (C=O) groups is 1. The summed E-state index contributed by atoms with van der Waals surface area (Å²) < 4.78 is 39.5. The minimum Gasteiger partial charge on any atom is -0.355 e. The molecule has 120 valence electrons. The third kappa shape index (κ3) is 5.96. The Hall–Kier alpha value is -1.22. The summed E-state index contributed by atoms with van der Waals surface area (Å²) in [4.78, 5) is 11.2. The maximum atomic E-state index is 13.5. The zero-order chi connectivity index (χ0) is 15.2. The van der Waals surface area contributed by atoms with Crippen molar-refractivity contribution in [2.24, 2.45) is 5.73 Å². The molecular weight excluding hydrogens is 321 g/mol. The molecule has 1 atom stereocenters. The first-order valence-corrected chi connectivity index (χ1v) is 7.61. The van der Waals surface area contributed by atoms with Crippen molar-refractivity contribution in [2.45, 2.75) is 24.3 Å². The number of amides is 1. The van der Waals surface area contributed by atoms with Gasteiger partial charge in [-0.2, -0.15) is 4.72 Å². The van der Waals surface area contributed by atoms with Gasteiger partial charge >= 0.3 is 0 Å². The van der Waals surface area contributed by atoms with E-state index in [9.17, 15) is 17.6 Å². The van der Waals surface area contributed by atoms with E-state index >= 15 is 0 Å². The molecule has 9 heteroatoms. The number of hydrogen-bond acceptors (Lipinski definition) is 4. The molecule has 0 aliphatic rings. The van der Waals surface area contributed by atoms with E-state index in [0.29, 0.717) is 19.5 Å². The monoisotopic (exact) mass is 339 g/mol. The molecule has 0 saturated heterocycles. The van der Waals surface area contributed by atoms with Gasteiger partial charge in [-0.05, 0) is 32.0 Å². The first kappa shape index (κ1) is 19.8. The number of sulfonamides is 1. The van der Waals surface area contributed by atoms with Gasteiger partial charge in [0.25, 0.3) is 0 Å². The third-order valence-electron chi connectivity index (χ3n) is 2.53. The van der Waals surface area contributed by atoms with Crippen LogP contribution < -0.4 is 15.8 Å². The minimum absolute atomic E-state index is 0. The maximum absolute atomic E-state index is 13.5. The van der Waals surface area contributed by atoms with Crippen molar-refractivity contribution in [1.29, 1.82) is 0 Å². The molecule has 0 aliphatic heterocycles. The zero-order valence-corrected chi connectivity index (χ0v) is 13.1. The Morgan fingerprint density at radius 2 is 2.00 bits per heavy atom. The number of nitrogens with one attached hydrogen (secondary N) is 2. The Bertz CT molecular complexity index is 569. The normalized spacial score (nSPS) is 12.3. The van der Waals surface area contributed by atoms with Gasteiger partial charge in [0.05, 0.1) is 6.04 Å². The fourth-order valence-corrected chi connectivity index (χ4v) is 2.76. The topological polar surface area (TPSA) is 101 Å². The van der Waals surface area contributed by atoms with Gasteiger partial charge in [-0.15, -0.1) is 12.4 Å². The predicted octanol–water partition coefficient (Wildman–Crippen LogP) is 0.379. The minimum atomic E-state index is -4.08. The lowest BCUT2D eigenvalue weighted by Crippen LogP contribution is -2.45. The van der Waals surface area contributed by atoms with Crippen LogP contribution >= 0.6 is 12.4 Å². The highest BCUT2D eigenvalue weighted by atomic mass is 35.5. The fourth-order valence-electron chi connectivity index (χ4n) is 1.48. The van der Waals surface area contributed by atoms with Crippen LogP contribution in [-0.2, 0) is 14.8 Å². The average molecular weight is 340 g/mol. The number of nitrogens with two attached hydrogens (primary N) is 1. The van der Waals surface area contributed by atoms with Crippen LogP contribution in [0.5, 0.6) is 0 Å². The SMILES string of the molecule is CC(NS(=O)(=O)c1ccccc1F)C(=O)NCCCN.Cl. The first-order valence-electron chi connectivity index (χ1n) is 6.13. The Kier molecular flexibility index (Phi) is 8.41. The van der Waals surface area contributed by atoms with Crippen LogP contribution in [-0.4, -0.2) is 33.5 Å². The summed E-state index contributed by atoms with van der Waals surface area (Å²) in [6.45, 7) is 2.17. The second-order valence-corrected chi connectivity index (χ2v) is 5.89. The molecule has 1 rings (SSSR count). The van der Waals surface area contributed by atoms with Gasteiger partial charge in [-0.3, -0.25) is 4.79 Å². The maximum Gasteiger partial charge on any atom is 0.244 e. The third-order valence-corrected chi connectivity index (χ3v) is 4.11. The van der Waals surface area contributed by atoms with Gasteiger partial charge in [0, 0.05) is 6.54 Å². The van der Waals surface area contributed by atoms with Crippen molar-refractivity contribution >= 4 is 28.3 Å². The molecule has 0 aliphatic carbocycles. The highest BCUT2D eigenvalue weighted by Gasteiger charge is 2.24. The molecule has 0 saturated carbocycles. The Labute approximate surface area is 129 Å². The van der Waals surface area contributed by atoms with Crippen molar-refractivity contribution in [1.82, 2.24) is 10.0 Å². The van der Waals surface area contributed by atoms with Gasteiger partial charge in [0.1, 0.15) is 10.7 Å². The molecule has 1 aromatic rings. The number of carbonyl (C=O) groups excluding carboxylic acids is 1. The molecule has 21 heavy (non-hydrogen) atoms. The fraction of sp³-hybridized carbons (Fsp3) is 0.417. The van der Waals surface area contributed by atoms with Crippen LogP contribution in [0.1, 0.15) is 13.3 Å². The van der Waals surface area contributed by atoms with Crippen LogP contribution in [0.15, 0.2) is 29.2 Å². The van der Waals surface area contributed by atoms with Crippen molar-refractivity contribution in [2.75, 3.05) is 13.1 Å². The summed E-state index contributed by atoms with van der Waals surface area (Å²) in [5, 5.41) is 2.53. The van der Waals surface area contributed by atoms with E-state index in [4.69, 9.17) is 5.73 Å². The van der Waals surface area contributed by atoms with Crippen molar-refractivity contribution in [3.05, 3.63) is 30.1 Å². The van der Waals surface area contributed by atoms with Gasteiger partial charge in [-0.1, -0.05) is 12.1 Å². The van der Waals surface area contributed by atoms with Crippen molar-refractivity contribution < 1.29 is 17.6 Å². The van der Waals surface area contributed by atoms with E-state index in [-0.39, 0.29) is 12.4 Å². The first-order chi connectivity index (χ1) is 9.38. The Morgan fingerprint density at radius 1 is 1.38 bits per heavy atom.